The predicted octanol–water partition coefficient (Wildman–Crippen LogP) is 4.16. The van der Waals surface area contributed by atoms with E-state index in [2.05, 4.69) is 0 Å². The maximum Gasteiger partial charge on any atom is 0.303 e. The van der Waals surface area contributed by atoms with E-state index in [-0.39, 0.29) is 38.3 Å². The van der Waals surface area contributed by atoms with E-state index in [0.717, 1.165) is 19.3 Å². The van der Waals surface area contributed by atoms with Gasteiger partial charge in [0, 0.05) is 62.9 Å². The summed E-state index contributed by atoms with van der Waals surface area (Å²) < 4.78 is 131. The topological polar surface area (TPSA) is 110 Å². The molecule has 2 aromatic carbocycles. The van der Waals surface area contributed by atoms with Crippen LogP contribution < -0.4 is 9.46 Å². The minimum Gasteiger partial charge on any atom is -0.497 e. The molecule has 43 heavy (non-hydrogen) atoms. The highest BCUT2D eigenvalue weighted by atomic mass is 32.2. The molecular weight excluding hydrogens is 568 g/mol. The van der Waals surface area contributed by atoms with Gasteiger partial charge in [0.15, 0.2) is 0 Å². The number of ether oxygens (including phenoxy) is 2. The zero-order valence-corrected chi connectivity index (χ0v) is 24.0. The average Bonchev–Trinajstić information content (AvgIpc) is 3.35. The van der Waals surface area contributed by atoms with Crippen LogP contribution in [0.15, 0.2) is 42.0 Å². The minimum absolute atomic E-state index is 0.0577. The molecule has 1 aromatic heterocycles. The van der Waals surface area contributed by atoms with E-state index in [4.69, 9.17) is 21.8 Å². The van der Waals surface area contributed by atoms with Gasteiger partial charge in [0.25, 0.3) is 11.8 Å². The molecular formula is C32H38N4O6S. The lowest BCUT2D eigenvalue weighted by molar-refractivity contribution is -0.126. The van der Waals surface area contributed by atoms with Gasteiger partial charge in [0.2, 0.25) is 0 Å². The van der Waals surface area contributed by atoms with Gasteiger partial charge < -0.3 is 18.9 Å². The molecule has 0 saturated heterocycles. The lowest BCUT2D eigenvalue weighted by Crippen LogP contribution is -2.42. The van der Waals surface area contributed by atoms with E-state index in [1.165, 1.54) is 47.0 Å². The molecule has 6 rings (SSSR count). The average molecular weight is 618 g/mol. The number of carbonyl (C=O) groups excluding carboxylic acids is 2. The van der Waals surface area contributed by atoms with Crippen molar-refractivity contribution >= 4 is 39.0 Å². The monoisotopic (exact) mass is 617 g/mol. The molecule has 228 valence electrons. The van der Waals surface area contributed by atoms with E-state index < -0.39 is 81.4 Å². The Kier molecular flexibility index (Phi) is 5.17. The molecule has 4 bridgehead atoms. The molecule has 2 aliphatic heterocycles. The van der Waals surface area contributed by atoms with Crippen LogP contribution in [-0.4, -0.2) is 81.3 Å². The Morgan fingerprint density at radius 1 is 1.05 bits per heavy atom. The first-order valence-electron chi connectivity index (χ1n) is 19.5. The van der Waals surface area contributed by atoms with Gasteiger partial charge in [-0.15, -0.1) is 0 Å². The van der Waals surface area contributed by atoms with Crippen molar-refractivity contribution in [3.8, 4) is 17.0 Å². The van der Waals surface area contributed by atoms with Crippen LogP contribution in [0, 0.1) is 0 Å². The normalized spacial score (nSPS) is 26.3. The zero-order chi connectivity index (χ0) is 39.6. The van der Waals surface area contributed by atoms with Crippen LogP contribution in [-0.2, 0) is 26.2 Å². The van der Waals surface area contributed by atoms with E-state index in [1.807, 2.05) is 0 Å². The Morgan fingerprint density at radius 2 is 1.88 bits per heavy atom. The Labute approximate surface area is 267 Å². The number of nitrogens with one attached hydrogen (secondary N) is 1. The number of methoxy groups -OCH3 is 1. The molecule has 0 radical (unpaired) electrons. The van der Waals surface area contributed by atoms with Gasteiger partial charge >= 0.3 is 10.2 Å². The smallest absolute Gasteiger partial charge is 0.303 e. The fraction of sp³-hybridized carbons (Fsp3) is 0.438. The van der Waals surface area contributed by atoms with Gasteiger partial charge in [-0.1, -0.05) is 25.3 Å². The van der Waals surface area contributed by atoms with Gasteiger partial charge in [-0.05, 0) is 66.3 Å². The van der Waals surface area contributed by atoms with Crippen LogP contribution in [0.3, 0.4) is 0 Å². The predicted molar refractivity (Wildman–Crippen MR) is 165 cm³/mol. The van der Waals surface area contributed by atoms with Gasteiger partial charge in [-0.25, -0.2) is 4.72 Å². The largest absolute Gasteiger partial charge is 0.497 e. The van der Waals surface area contributed by atoms with Crippen LogP contribution in [0.1, 0.15) is 74.6 Å². The summed E-state index contributed by atoms with van der Waals surface area (Å²) in [6, 6.07) is 8.36. The first-order chi connectivity index (χ1) is 25.0. The van der Waals surface area contributed by atoms with Crippen molar-refractivity contribution in [1.82, 2.24) is 18.5 Å². The molecule has 1 saturated carbocycles. The Morgan fingerprint density at radius 3 is 2.67 bits per heavy atom. The Balaban J connectivity index is 1.69. The number of nitrogens with zero attached hydrogens (tertiary/aromatic N) is 3. The molecule has 10 nitrogen and oxygen atoms in total. The van der Waals surface area contributed by atoms with E-state index in [0.29, 0.717) is 34.3 Å². The highest BCUT2D eigenvalue weighted by Gasteiger charge is 2.31. The summed E-state index contributed by atoms with van der Waals surface area (Å²) in [5.74, 6) is -2.73. The lowest BCUT2D eigenvalue weighted by Gasteiger charge is -2.24. The summed E-state index contributed by atoms with van der Waals surface area (Å²) in [4.78, 5) is 28.6. The summed E-state index contributed by atoms with van der Waals surface area (Å²) in [5.41, 5.74) is 0.615. The van der Waals surface area contributed by atoms with Crippen molar-refractivity contribution < 1.29 is 42.6 Å². The van der Waals surface area contributed by atoms with E-state index in [9.17, 15) is 20.7 Å². The number of aromatic nitrogens is 1. The second-order valence-electron chi connectivity index (χ2n) is 10.8. The summed E-state index contributed by atoms with van der Waals surface area (Å²) in [6.07, 6.45) is 5.28. The molecule has 1 aliphatic carbocycles. The van der Waals surface area contributed by atoms with Crippen molar-refractivity contribution in [2.45, 2.75) is 44.5 Å². The Bertz CT molecular complexity index is 2120. The van der Waals surface area contributed by atoms with Crippen LogP contribution in [0.25, 0.3) is 28.2 Å². The quantitative estimate of drug-likeness (QED) is 0.463. The second-order valence-corrected chi connectivity index (χ2v) is 12.4. The molecule has 1 N–H and O–H groups in total. The van der Waals surface area contributed by atoms with Gasteiger partial charge in [0.1, 0.15) is 5.75 Å². The third kappa shape index (κ3) is 5.57. The summed E-state index contributed by atoms with van der Waals surface area (Å²) in [7, 11) is -7.89. The number of hydrogen-bond donors (Lipinski definition) is 1. The molecule has 3 heterocycles. The number of carbonyl (C=O) groups is 2. The van der Waals surface area contributed by atoms with Crippen molar-refractivity contribution in [2.75, 3.05) is 47.3 Å². The summed E-state index contributed by atoms with van der Waals surface area (Å²) >= 11 is 0. The van der Waals surface area contributed by atoms with Crippen LogP contribution >= 0.6 is 0 Å². The second kappa shape index (κ2) is 11.8. The van der Waals surface area contributed by atoms with Crippen molar-refractivity contribution in [1.29, 1.82) is 0 Å². The first-order valence-corrected chi connectivity index (χ1v) is 15.4. The first kappa shape index (κ1) is 18.9. The molecule has 0 unspecified atom stereocenters. The molecule has 0 atom stereocenters. The molecule has 11 heteroatoms. The number of likely N-dealkylation sites (N-methyl/N-ethyl adjacent to an activating group) is 2. The van der Waals surface area contributed by atoms with Crippen molar-refractivity contribution in [3.63, 3.8) is 0 Å². The lowest BCUT2D eigenvalue weighted by atomic mass is 9.81. The Hall–Kier alpha value is -3.67. The maximum absolute atomic E-state index is 14.5. The van der Waals surface area contributed by atoms with Gasteiger partial charge in [-0.3, -0.25) is 9.59 Å². The SMILES string of the molecule is [2H]C([2H])([2H])Oc1ccc2c(c1)C=C1C(=O)N(C([2H])([2H])[2H])CCOCCN(C([2H])([2H])[2H])S(=O)(=O)NC(=O)c3ccc4c(C5CCCCC5)c-2n(c4c3)C1([2H])[2H]. The zero-order valence-electron chi connectivity index (χ0n) is 34.2. The van der Waals surface area contributed by atoms with Gasteiger partial charge in [0.05, 0.1) is 39.3 Å². The van der Waals surface area contributed by atoms with Crippen LogP contribution in [0.4, 0.5) is 0 Å². The fourth-order valence-corrected chi connectivity index (χ4v) is 6.78. The molecule has 0 spiro atoms. The highest BCUT2D eigenvalue weighted by Crippen LogP contribution is 2.47. The number of amides is 2. The maximum atomic E-state index is 14.5. The van der Waals surface area contributed by atoms with Crippen LogP contribution in [0.2, 0.25) is 0 Å². The van der Waals surface area contributed by atoms with Crippen LogP contribution in [0.5, 0.6) is 5.75 Å². The minimum atomic E-state index is -5.03. The van der Waals surface area contributed by atoms with E-state index >= 15 is 0 Å². The molecule has 2 amide bonds. The molecule has 3 aliphatic rings. The summed E-state index contributed by atoms with van der Waals surface area (Å²) in [6.45, 7) is -11.8. The van der Waals surface area contributed by atoms with Crippen molar-refractivity contribution in [2.24, 2.45) is 0 Å². The standard InChI is InChI=1S/C32H38N4O6S/c1-34-13-15-42-16-14-35(2)43(39,40)33-31(37)22-9-11-27-28(19-22)36-20-24(32(34)38)17-23-18-25(41-3)10-12-26(23)30(36)29(27)21-7-5-4-6-8-21/h9-12,17-19,21H,4-8,13-16,20H2,1-3H3,(H,33,37)/i1D3,2D3,3D3,20D2. The molecule has 3 aromatic rings. The third-order valence-corrected chi connectivity index (χ3v) is 9.30. The van der Waals surface area contributed by atoms with Crippen molar-refractivity contribution in [3.05, 3.63) is 58.7 Å². The highest BCUT2D eigenvalue weighted by molar-refractivity contribution is 7.87. The number of rotatable bonds is 2. The number of hydrogen-bond acceptors (Lipinski definition) is 6. The number of fused-ring (bicyclic) bond motifs is 4. The number of benzene rings is 2. The fourth-order valence-electron chi connectivity index (χ4n) is 6.00. The molecule has 1 fully saturated rings. The summed E-state index contributed by atoms with van der Waals surface area (Å²) in [5, 5.41) is 0.478. The third-order valence-electron chi connectivity index (χ3n) is 8.10. The van der Waals surface area contributed by atoms with E-state index in [1.54, 1.807) is 4.72 Å². The van der Waals surface area contributed by atoms with Gasteiger partial charge in [-0.2, -0.15) is 12.7 Å².